The molecular formula is C18H30N2O3. The van der Waals surface area contributed by atoms with E-state index >= 15 is 0 Å². The minimum Gasteiger partial charge on any atom is -0.490 e. The number of aryl methyl sites for hydroxylation is 2. The lowest BCUT2D eigenvalue weighted by molar-refractivity contribution is -0.123. The molecule has 0 fully saturated rings. The van der Waals surface area contributed by atoms with Crippen LogP contribution in [0.4, 0.5) is 0 Å². The third-order valence-corrected chi connectivity index (χ3v) is 3.28. The predicted molar refractivity (Wildman–Crippen MR) is 92.8 cm³/mol. The van der Waals surface area contributed by atoms with Crippen molar-refractivity contribution in [3.63, 3.8) is 0 Å². The fraction of sp³-hybridized carbons (Fsp3) is 0.611. The molecule has 1 aromatic carbocycles. The molecule has 1 unspecified atom stereocenters. The van der Waals surface area contributed by atoms with Gasteiger partial charge < -0.3 is 15.2 Å². The monoisotopic (exact) mass is 322 g/mol. The van der Waals surface area contributed by atoms with Crippen LogP contribution in [0.3, 0.4) is 0 Å². The van der Waals surface area contributed by atoms with Gasteiger partial charge in [-0.2, -0.15) is 0 Å². The van der Waals surface area contributed by atoms with E-state index in [1.807, 2.05) is 59.9 Å². The Morgan fingerprint density at radius 1 is 1.30 bits per heavy atom. The number of amides is 1. The molecule has 0 heterocycles. The summed E-state index contributed by atoms with van der Waals surface area (Å²) in [7, 11) is 1.81. The van der Waals surface area contributed by atoms with Crippen molar-refractivity contribution in [2.45, 2.75) is 46.3 Å². The van der Waals surface area contributed by atoms with Gasteiger partial charge in [0.25, 0.3) is 0 Å². The Balaban J connectivity index is 2.41. The second kappa shape index (κ2) is 8.31. The molecule has 130 valence electrons. The lowest BCUT2D eigenvalue weighted by atomic mass is 10.1. The Bertz CT molecular complexity index is 503. The summed E-state index contributed by atoms with van der Waals surface area (Å²) < 4.78 is 5.74. The zero-order chi connectivity index (χ0) is 17.6. The van der Waals surface area contributed by atoms with Gasteiger partial charge >= 0.3 is 0 Å². The number of carbonyl (C=O) groups is 1. The fourth-order valence-electron chi connectivity index (χ4n) is 2.39. The quantitative estimate of drug-likeness (QED) is 0.805. The van der Waals surface area contributed by atoms with Crippen LogP contribution in [0.5, 0.6) is 5.75 Å². The van der Waals surface area contributed by atoms with E-state index in [0.29, 0.717) is 6.54 Å². The maximum atomic E-state index is 11.9. The minimum absolute atomic E-state index is 0.0529. The predicted octanol–water partition coefficient (Wildman–Crippen LogP) is 1.89. The van der Waals surface area contributed by atoms with Crippen LogP contribution in [0, 0.1) is 13.8 Å². The van der Waals surface area contributed by atoms with Crippen molar-refractivity contribution in [2.75, 3.05) is 26.7 Å². The number of nitrogens with zero attached hydrogens (tertiary/aromatic N) is 1. The van der Waals surface area contributed by atoms with E-state index in [2.05, 4.69) is 5.32 Å². The Hall–Kier alpha value is -1.59. The zero-order valence-electron chi connectivity index (χ0n) is 15.1. The third kappa shape index (κ3) is 7.48. The summed E-state index contributed by atoms with van der Waals surface area (Å²) in [4.78, 5) is 13.6. The first-order chi connectivity index (χ1) is 10.6. The molecule has 1 atom stereocenters. The van der Waals surface area contributed by atoms with Gasteiger partial charge in [0.05, 0.1) is 6.54 Å². The third-order valence-electron chi connectivity index (χ3n) is 3.28. The maximum absolute atomic E-state index is 11.9. The van der Waals surface area contributed by atoms with Gasteiger partial charge in [0.15, 0.2) is 0 Å². The molecule has 1 rings (SSSR count). The first-order valence-electron chi connectivity index (χ1n) is 7.95. The van der Waals surface area contributed by atoms with Gasteiger partial charge in [-0.05, 0) is 52.8 Å². The van der Waals surface area contributed by atoms with Gasteiger partial charge in [-0.3, -0.25) is 9.69 Å². The van der Waals surface area contributed by atoms with Gasteiger partial charge in [-0.25, -0.2) is 0 Å². The standard InChI is InChI=1S/C18H30N2O3/c1-13-8-7-9-14(2)17(13)23-12-15(21)10-20(6)11-16(22)19-18(3,4)5/h7-9,15,21H,10-12H2,1-6H3,(H,19,22). The Morgan fingerprint density at radius 3 is 2.39 bits per heavy atom. The molecule has 2 N–H and O–H groups in total. The van der Waals surface area contributed by atoms with Crippen LogP contribution in [0.1, 0.15) is 31.9 Å². The highest BCUT2D eigenvalue weighted by Gasteiger charge is 2.17. The number of ether oxygens (including phenoxy) is 1. The largest absolute Gasteiger partial charge is 0.490 e. The highest BCUT2D eigenvalue weighted by atomic mass is 16.5. The molecule has 5 heteroatoms. The number of hydrogen-bond donors (Lipinski definition) is 2. The number of benzene rings is 1. The molecule has 0 saturated heterocycles. The first-order valence-corrected chi connectivity index (χ1v) is 7.95. The van der Waals surface area contributed by atoms with Crippen LogP contribution < -0.4 is 10.1 Å². The van der Waals surface area contributed by atoms with E-state index < -0.39 is 6.10 Å². The Morgan fingerprint density at radius 2 is 1.87 bits per heavy atom. The molecule has 0 aromatic heterocycles. The second-order valence-electron chi connectivity index (χ2n) is 7.18. The number of para-hydroxylation sites is 1. The molecule has 0 spiro atoms. The van der Waals surface area contributed by atoms with Crippen LogP contribution in [-0.2, 0) is 4.79 Å². The molecule has 1 aromatic rings. The van der Waals surface area contributed by atoms with Crippen molar-refractivity contribution in [3.05, 3.63) is 29.3 Å². The van der Waals surface area contributed by atoms with E-state index in [-0.39, 0.29) is 24.6 Å². The van der Waals surface area contributed by atoms with E-state index in [1.165, 1.54) is 0 Å². The number of carbonyl (C=O) groups excluding carboxylic acids is 1. The number of nitrogens with one attached hydrogen (secondary N) is 1. The number of aliphatic hydroxyl groups excluding tert-OH is 1. The van der Waals surface area contributed by atoms with Gasteiger partial charge in [0, 0.05) is 12.1 Å². The average molecular weight is 322 g/mol. The summed E-state index contributed by atoms with van der Waals surface area (Å²) in [6.45, 7) is 10.6. The molecule has 0 bridgehead atoms. The highest BCUT2D eigenvalue weighted by Crippen LogP contribution is 2.22. The van der Waals surface area contributed by atoms with Crippen LogP contribution in [0.25, 0.3) is 0 Å². The van der Waals surface area contributed by atoms with Crippen molar-refractivity contribution < 1.29 is 14.6 Å². The normalized spacial score (nSPS) is 13.0. The number of likely N-dealkylation sites (N-methyl/N-ethyl adjacent to an activating group) is 1. The smallest absolute Gasteiger partial charge is 0.234 e. The van der Waals surface area contributed by atoms with Gasteiger partial charge in [0.1, 0.15) is 18.5 Å². The van der Waals surface area contributed by atoms with E-state index in [0.717, 1.165) is 16.9 Å². The zero-order valence-corrected chi connectivity index (χ0v) is 15.1. The summed E-state index contributed by atoms with van der Waals surface area (Å²) in [6, 6.07) is 5.95. The molecule has 23 heavy (non-hydrogen) atoms. The van der Waals surface area contributed by atoms with Crippen LogP contribution in [0.15, 0.2) is 18.2 Å². The number of hydrogen-bond acceptors (Lipinski definition) is 4. The van der Waals surface area contributed by atoms with Crippen molar-refractivity contribution in [3.8, 4) is 5.75 Å². The molecule has 0 radical (unpaired) electrons. The SMILES string of the molecule is Cc1cccc(C)c1OCC(O)CN(C)CC(=O)NC(C)(C)C. The Kier molecular flexibility index (Phi) is 7.03. The molecule has 0 aliphatic heterocycles. The lowest BCUT2D eigenvalue weighted by Gasteiger charge is -2.24. The molecular weight excluding hydrogens is 292 g/mol. The van der Waals surface area contributed by atoms with E-state index in [9.17, 15) is 9.90 Å². The van der Waals surface area contributed by atoms with Crippen LogP contribution in [0.2, 0.25) is 0 Å². The topological polar surface area (TPSA) is 61.8 Å². The summed E-state index contributed by atoms with van der Waals surface area (Å²) in [5, 5.41) is 13.0. The van der Waals surface area contributed by atoms with Crippen molar-refractivity contribution in [1.29, 1.82) is 0 Å². The van der Waals surface area contributed by atoms with E-state index in [4.69, 9.17) is 4.74 Å². The van der Waals surface area contributed by atoms with Gasteiger partial charge in [0.2, 0.25) is 5.91 Å². The van der Waals surface area contributed by atoms with Crippen LogP contribution >= 0.6 is 0 Å². The second-order valence-corrected chi connectivity index (χ2v) is 7.18. The van der Waals surface area contributed by atoms with Gasteiger partial charge in [-0.1, -0.05) is 18.2 Å². The molecule has 0 aliphatic carbocycles. The fourth-order valence-corrected chi connectivity index (χ4v) is 2.39. The van der Waals surface area contributed by atoms with E-state index in [1.54, 1.807) is 4.90 Å². The summed E-state index contributed by atoms with van der Waals surface area (Å²) in [5.41, 5.74) is 1.85. The summed E-state index contributed by atoms with van der Waals surface area (Å²) in [5.74, 6) is 0.766. The minimum atomic E-state index is -0.651. The maximum Gasteiger partial charge on any atom is 0.234 e. The van der Waals surface area contributed by atoms with Crippen molar-refractivity contribution in [1.82, 2.24) is 10.2 Å². The molecule has 0 aliphatic rings. The van der Waals surface area contributed by atoms with Crippen LogP contribution in [-0.4, -0.2) is 54.3 Å². The molecule has 0 saturated carbocycles. The number of aliphatic hydroxyl groups is 1. The van der Waals surface area contributed by atoms with Crippen molar-refractivity contribution >= 4 is 5.91 Å². The molecule has 1 amide bonds. The number of rotatable bonds is 7. The lowest BCUT2D eigenvalue weighted by Crippen LogP contribution is -2.46. The van der Waals surface area contributed by atoms with Crippen molar-refractivity contribution in [2.24, 2.45) is 0 Å². The average Bonchev–Trinajstić information content (AvgIpc) is 2.35. The first kappa shape index (κ1) is 19.5. The Labute approximate surface area is 139 Å². The van der Waals surface area contributed by atoms with Gasteiger partial charge in [-0.15, -0.1) is 0 Å². The molecule has 5 nitrogen and oxygen atoms in total. The summed E-state index contributed by atoms with van der Waals surface area (Å²) in [6.07, 6.45) is -0.651. The highest BCUT2D eigenvalue weighted by molar-refractivity contribution is 5.78. The summed E-state index contributed by atoms with van der Waals surface area (Å²) >= 11 is 0.